The zero-order valence-corrected chi connectivity index (χ0v) is 33.4. The number of rotatable bonds is 6. The lowest BCUT2D eigenvalue weighted by molar-refractivity contribution is 0.656. The summed E-state index contributed by atoms with van der Waals surface area (Å²) in [5.74, 6) is 0. The molecule has 1 aliphatic rings. The molecule has 2 heterocycles. The third-order valence-corrected chi connectivity index (χ3v) is 12.8. The Labute approximate surface area is 348 Å². The van der Waals surface area contributed by atoms with Gasteiger partial charge in [-0.25, -0.2) is 0 Å². The minimum absolute atomic E-state index is 0.213. The van der Waals surface area contributed by atoms with Crippen molar-refractivity contribution in [3.63, 3.8) is 0 Å². The number of nitrogens with one attached hydrogen (secondary N) is 1. The number of furan rings is 1. The molecule has 1 aliphatic carbocycles. The van der Waals surface area contributed by atoms with E-state index in [1.165, 1.54) is 88.3 Å². The highest BCUT2D eigenvalue weighted by atomic mass is 16.3. The Balaban J connectivity index is 0.884. The molecule has 0 fully saturated rings. The first-order valence-electron chi connectivity index (χ1n) is 20.8. The average molecular weight is 769 g/mol. The minimum atomic E-state index is -0.213. The summed E-state index contributed by atoms with van der Waals surface area (Å²) in [4.78, 5) is 0. The second-order valence-corrected chi connectivity index (χ2v) is 16.6. The van der Waals surface area contributed by atoms with Crippen molar-refractivity contribution < 1.29 is 4.42 Å². The van der Waals surface area contributed by atoms with Crippen LogP contribution in [0.1, 0.15) is 25.0 Å². The quantitative estimate of drug-likeness (QED) is 0.183. The van der Waals surface area contributed by atoms with Gasteiger partial charge in [0.05, 0.1) is 11.0 Å². The molecule has 0 bridgehead atoms. The van der Waals surface area contributed by atoms with Gasteiger partial charge in [0.2, 0.25) is 0 Å². The number of benzene rings is 9. The highest BCUT2D eigenvalue weighted by Crippen LogP contribution is 2.53. The Morgan fingerprint density at radius 3 is 1.92 bits per heavy atom. The van der Waals surface area contributed by atoms with Gasteiger partial charge in [0.15, 0.2) is 0 Å². The van der Waals surface area contributed by atoms with Gasteiger partial charge in [-0.3, -0.25) is 0 Å². The lowest BCUT2D eigenvalue weighted by Crippen LogP contribution is -2.15. The molecule has 284 valence electrons. The number of hydrogen-bond acceptors (Lipinski definition) is 2. The molecule has 0 unspecified atom stereocenters. The number of aromatic nitrogens is 1. The third kappa shape index (κ3) is 5.29. The van der Waals surface area contributed by atoms with Gasteiger partial charge in [-0.05, 0) is 111 Å². The molecule has 3 nitrogen and oxygen atoms in total. The lowest BCUT2D eigenvalue weighted by atomic mass is 9.80. The van der Waals surface area contributed by atoms with Crippen LogP contribution in [0.15, 0.2) is 205 Å². The fraction of sp³-hybridized carbons (Fsp3) is 0.0526. The van der Waals surface area contributed by atoms with E-state index in [2.05, 4.69) is 224 Å². The molecule has 1 N–H and O–H groups in total. The fourth-order valence-electron chi connectivity index (χ4n) is 9.90. The van der Waals surface area contributed by atoms with Crippen LogP contribution in [0.3, 0.4) is 0 Å². The summed E-state index contributed by atoms with van der Waals surface area (Å²) in [6, 6.07) is 72.3. The molecule has 0 radical (unpaired) electrons. The predicted molar refractivity (Wildman–Crippen MR) is 252 cm³/mol. The van der Waals surface area contributed by atoms with Crippen LogP contribution in [0, 0.1) is 0 Å². The maximum absolute atomic E-state index is 6.35. The maximum atomic E-state index is 6.35. The molecule has 3 heteroatoms. The van der Waals surface area contributed by atoms with E-state index in [1.54, 1.807) is 0 Å². The van der Waals surface area contributed by atoms with Crippen LogP contribution in [-0.2, 0) is 5.41 Å². The Bertz CT molecular complexity index is 3460. The smallest absolute Gasteiger partial charge is 0.135 e. The first-order chi connectivity index (χ1) is 29.5. The van der Waals surface area contributed by atoms with Gasteiger partial charge in [0, 0.05) is 49.6 Å². The summed E-state index contributed by atoms with van der Waals surface area (Å²) in [5.41, 5.74) is 19.8. The summed E-state index contributed by atoms with van der Waals surface area (Å²) in [6.45, 7) is 4.73. The topological polar surface area (TPSA) is 30.1 Å². The monoisotopic (exact) mass is 768 g/mol. The normalized spacial score (nSPS) is 13.0. The minimum Gasteiger partial charge on any atom is -0.456 e. The van der Waals surface area contributed by atoms with Gasteiger partial charge in [0.25, 0.3) is 0 Å². The van der Waals surface area contributed by atoms with Crippen molar-refractivity contribution in [3.05, 3.63) is 211 Å². The lowest BCUT2D eigenvalue weighted by Gasteiger charge is -2.23. The highest BCUT2D eigenvalue weighted by Gasteiger charge is 2.38. The van der Waals surface area contributed by atoms with Crippen molar-refractivity contribution in [1.82, 2.24) is 4.57 Å². The van der Waals surface area contributed by atoms with Crippen LogP contribution >= 0.6 is 0 Å². The summed E-state index contributed by atoms with van der Waals surface area (Å²) in [6.07, 6.45) is 0. The standard InChI is InChI=1S/C57H40N2O/c1-57(2)49-35-42(29-30-44(49)46-31-33-54-55(56(46)57)47-16-8-11-19-53(47)60-54)59-51-18-10-7-15-45(51)48-34-40(26-32-52(48)59)38-20-22-39(23-21-38)43-14-6-9-17-50(43)58-41-27-24-37(25-28-41)36-12-4-3-5-13-36/h3-35,58H,1-2H3. The van der Waals surface area contributed by atoms with Crippen LogP contribution in [-0.4, -0.2) is 4.57 Å². The van der Waals surface area contributed by atoms with E-state index in [0.717, 1.165) is 28.1 Å². The van der Waals surface area contributed by atoms with Crippen molar-refractivity contribution in [2.24, 2.45) is 0 Å². The second kappa shape index (κ2) is 13.2. The Morgan fingerprint density at radius 2 is 1.07 bits per heavy atom. The van der Waals surface area contributed by atoms with E-state index < -0.39 is 0 Å². The van der Waals surface area contributed by atoms with Crippen LogP contribution in [0.25, 0.3) is 93.9 Å². The summed E-state index contributed by atoms with van der Waals surface area (Å²) in [5, 5.41) is 8.58. The van der Waals surface area contributed by atoms with E-state index in [1.807, 2.05) is 0 Å². The van der Waals surface area contributed by atoms with Crippen LogP contribution in [0.2, 0.25) is 0 Å². The zero-order chi connectivity index (χ0) is 40.0. The van der Waals surface area contributed by atoms with Gasteiger partial charge < -0.3 is 14.3 Å². The van der Waals surface area contributed by atoms with Gasteiger partial charge in [-0.15, -0.1) is 0 Å². The molecule has 0 spiro atoms. The number of fused-ring (bicyclic) bond motifs is 10. The first kappa shape index (κ1) is 34.4. The predicted octanol–water partition coefficient (Wildman–Crippen LogP) is 15.7. The van der Waals surface area contributed by atoms with Gasteiger partial charge >= 0.3 is 0 Å². The molecule has 0 saturated carbocycles. The fourth-order valence-corrected chi connectivity index (χ4v) is 9.90. The average Bonchev–Trinajstić information content (AvgIpc) is 3.92. The number of anilines is 2. The Morgan fingerprint density at radius 1 is 0.433 bits per heavy atom. The molecular formula is C57H40N2O. The number of nitrogens with zero attached hydrogens (tertiary/aromatic N) is 1. The molecule has 60 heavy (non-hydrogen) atoms. The van der Waals surface area contributed by atoms with Crippen molar-refractivity contribution in [2.75, 3.05) is 5.32 Å². The van der Waals surface area contributed by atoms with Crippen molar-refractivity contribution in [1.29, 1.82) is 0 Å². The Kier molecular flexibility index (Phi) is 7.58. The number of para-hydroxylation sites is 3. The van der Waals surface area contributed by atoms with E-state index in [-0.39, 0.29) is 5.41 Å². The molecule has 9 aromatic carbocycles. The van der Waals surface area contributed by atoms with Gasteiger partial charge in [-0.2, -0.15) is 0 Å². The van der Waals surface area contributed by atoms with Crippen LogP contribution in [0.5, 0.6) is 0 Å². The largest absolute Gasteiger partial charge is 0.456 e. The maximum Gasteiger partial charge on any atom is 0.135 e. The SMILES string of the molecule is CC1(C)c2cc(-n3c4ccccc4c4cc(-c5ccc(-c6ccccc6Nc6ccc(-c7ccccc7)cc6)cc5)ccc43)ccc2-c2ccc3oc4ccccc4c3c21. The first-order valence-corrected chi connectivity index (χ1v) is 20.8. The molecular weight excluding hydrogens is 729 g/mol. The molecule has 2 aromatic heterocycles. The van der Waals surface area contributed by atoms with Gasteiger partial charge in [0.1, 0.15) is 11.2 Å². The van der Waals surface area contributed by atoms with Crippen molar-refractivity contribution in [2.45, 2.75) is 19.3 Å². The molecule has 0 amide bonds. The van der Waals surface area contributed by atoms with E-state index in [4.69, 9.17) is 4.42 Å². The molecule has 0 aliphatic heterocycles. The van der Waals surface area contributed by atoms with E-state index in [0.29, 0.717) is 0 Å². The zero-order valence-electron chi connectivity index (χ0n) is 33.4. The summed E-state index contributed by atoms with van der Waals surface area (Å²) >= 11 is 0. The third-order valence-electron chi connectivity index (χ3n) is 12.8. The van der Waals surface area contributed by atoms with Crippen LogP contribution < -0.4 is 5.32 Å². The Hall–Kier alpha value is -7.62. The number of hydrogen-bond donors (Lipinski definition) is 1. The second-order valence-electron chi connectivity index (χ2n) is 16.6. The van der Waals surface area contributed by atoms with Crippen molar-refractivity contribution in [3.8, 4) is 50.2 Å². The molecule has 0 atom stereocenters. The van der Waals surface area contributed by atoms with Crippen molar-refractivity contribution >= 4 is 55.1 Å². The highest BCUT2D eigenvalue weighted by molar-refractivity contribution is 6.12. The van der Waals surface area contributed by atoms with Crippen LogP contribution in [0.4, 0.5) is 11.4 Å². The molecule has 0 saturated heterocycles. The molecule has 11 aromatic rings. The van der Waals surface area contributed by atoms with Gasteiger partial charge in [-0.1, -0.05) is 153 Å². The summed E-state index contributed by atoms with van der Waals surface area (Å²) in [7, 11) is 0. The molecule has 12 rings (SSSR count). The van der Waals surface area contributed by atoms with E-state index >= 15 is 0 Å². The summed E-state index contributed by atoms with van der Waals surface area (Å²) < 4.78 is 8.79. The van der Waals surface area contributed by atoms with E-state index in [9.17, 15) is 0 Å².